The molecule has 132 valence electrons. The van der Waals surface area contributed by atoms with Gasteiger partial charge in [-0.15, -0.1) is 0 Å². The summed E-state index contributed by atoms with van der Waals surface area (Å²) in [6.07, 6.45) is 1.47. The predicted octanol–water partition coefficient (Wildman–Crippen LogP) is 2.84. The Morgan fingerprint density at radius 3 is 2.31 bits per heavy atom. The van der Waals surface area contributed by atoms with E-state index in [4.69, 9.17) is 0 Å². The topological polar surface area (TPSA) is 101 Å². The van der Waals surface area contributed by atoms with Crippen LogP contribution in [0.15, 0.2) is 71.8 Å². The molecule has 0 saturated carbocycles. The van der Waals surface area contributed by atoms with Crippen LogP contribution in [0.1, 0.15) is 16.2 Å². The number of nitrogens with one attached hydrogen (secondary N) is 2. The van der Waals surface area contributed by atoms with Gasteiger partial charge in [-0.1, -0.05) is 18.2 Å². The average Bonchev–Trinajstić information content (AvgIpc) is 2.62. The Hall–Kier alpha value is -3.26. The Balaban J connectivity index is 1.73. The van der Waals surface area contributed by atoms with Crippen molar-refractivity contribution in [3.8, 4) is 0 Å². The van der Waals surface area contributed by atoms with Crippen LogP contribution in [0.2, 0.25) is 0 Å². The fraction of sp³-hybridized carbons (Fsp3) is 0.0556. The van der Waals surface area contributed by atoms with Crippen LogP contribution in [0, 0.1) is 6.92 Å². The maximum Gasteiger partial charge on any atom is 0.263 e. The molecule has 8 heteroatoms. The molecule has 0 fully saturated rings. The quantitative estimate of drug-likeness (QED) is 0.721. The molecule has 0 bridgehead atoms. The Bertz CT molecular complexity index is 1020. The molecule has 0 aliphatic rings. The maximum atomic E-state index is 12.4. The van der Waals surface area contributed by atoms with Crippen LogP contribution in [0.4, 0.5) is 11.5 Å². The van der Waals surface area contributed by atoms with Gasteiger partial charge in [-0.2, -0.15) is 0 Å². The third-order valence-electron chi connectivity index (χ3n) is 3.47. The van der Waals surface area contributed by atoms with Gasteiger partial charge in [-0.05, 0) is 49.4 Å². The molecule has 1 amide bonds. The molecule has 0 spiro atoms. The fourth-order valence-electron chi connectivity index (χ4n) is 2.22. The van der Waals surface area contributed by atoms with Crippen molar-refractivity contribution in [3.05, 3.63) is 78.2 Å². The number of carbonyl (C=O) groups excluding carboxylic acids is 1. The summed E-state index contributed by atoms with van der Waals surface area (Å²) in [5, 5.41) is 2.72. The highest BCUT2D eigenvalue weighted by Gasteiger charge is 2.15. The lowest BCUT2D eigenvalue weighted by atomic mass is 10.2. The van der Waals surface area contributed by atoms with Crippen molar-refractivity contribution >= 4 is 27.4 Å². The van der Waals surface area contributed by atoms with Crippen molar-refractivity contribution < 1.29 is 13.2 Å². The van der Waals surface area contributed by atoms with Gasteiger partial charge in [0.2, 0.25) is 0 Å². The number of nitrogens with zero attached hydrogens (tertiary/aromatic N) is 2. The number of carbonyl (C=O) groups is 1. The van der Waals surface area contributed by atoms with Crippen molar-refractivity contribution in [3.63, 3.8) is 0 Å². The summed E-state index contributed by atoms with van der Waals surface area (Å²) >= 11 is 0. The molecule has 2 aromatic carbocycles. The minimum atomic E-state index is -3.78. The zero-order chi connectivity index (χ0) is 18.6. The van der Waals surface area contributed by atoms with Crippen LogP contribution in [0.5, 0.6) is 0 Å². The number of benzene rings is 2. The van der Waals surface area contributed by atoms with Crippen molar-refractivity contribution in [2.45, 2.75) is 11.8 Å². The van der Waals surface area contributed by atoms with E-state index in [-0.39, 0.29) is 16.6 Å². The molecule has 1 aromatic heterocycles. The van der Waals surface area contributed by atoms with Crippen molar-refractivity contribution in [2.24, 2.45) is 0 Å². The second-order valence-corrected chi connectivity index (χ2v) is 7.12. The van der Waals surface area contributed by atoms with Gasteiger partial charge in [0.15, 0.2) is 0 Å². The van der Waals surface area contributed by atoms with E-state index in [0.717, 1.165) is 0 Å². The number of anilines is 2. The minimum absolute atomic E-state index is 0.0616. The zero-order valence-electron chi connectivity index (χ0n) is 13.9. The monoisotopic (exact) mass is 368 g/mol. The number of hydrogen-bond acceptors (Lipinski definition) is 5. The molecular formula is C18H16N4O3S. The minimum Gasteiger partial charge on any atom is -0.322 e. The summed E-state index contributed by atoms with van der Waals surface area (Å²) in [5.41, 5.74) is 1.01. The van der Waals surface area contributed by atoms with Crippen molar-refractivity contribution in [1.82, 2.24) is 9.97 Å². The van der Waals surface area contributed by atoms with Gasteiger partial charge < -0.3 is 5.32 Å². The van der Waals surface area contributed by atoms with Crippen LogP contribution in [-0.2, 0) is 10.0 Å². The number of hydrogen-bond donors (Lipinski definition) is 2. The molecule has 0 unspecified atom stereocenters. The molecule has 0 saturated heterocycles. The Kier molecular flexibility index (Phi) is 4.94. The molecule has 0 atom stereocenters. The lowest BCUT2D eigenvalue weighted by molar-refractivity contribution is 0.102. The Morgan fingerprint density at radius 2 is 1.65 bits per heavy atom. The molecule has 7 nitrogen and oxygen atoms in total. The van der Waals surface area contributed by atoms with Crippen LogP contribution in [0.25, 0.3) is 0 Å². The summed E-state index contributed by atoms with van der Waals surface area (Å²) in [6.45, 7) is 1.67. The molecular weight excluding hydrogens is 352 g/mol. The van der Waals surface area contributed by atoms with E-state index in [0.29, 0.717) is 17.1 Å². The summed E-state index contributed by atoms with van der Waals surface area (Å²) in [5.74, 6) is 0.388. The number of rotatable bonds is 5. The van der Waals surface area contributed by atoms with Gasteiger partial charge in [0, 0.05) is 17.4 Å². The SMILES string of the molecule is Cc1nccc(NS(=O)(=O)c2ccc(NC(=O)c3ccccc3)cc2)n1. The van der Waals surface area contributed by atoms with E-state index in [1.165, 1.54) is 36.5 Å². The molecule has 3 aromatic rings. The third-order valence-corrected chi connectivity index (χ3v) is 4.84. The molecule has 3 rings (SSSR count). The Morgan fingerprint density at radius 1 is 0.962 bits per heavy atom. The summed E-state index contributed by atoms with van der Waals surface area (Å²) in [4.78, 5) is 20.1. The highest BCUT2D eigenvalue weighted by atomic mass is 32.2. The third kappa shape index (κ3) is 4.22. The van der Waals surface area contributed by atoms with Crippen LogP contribution < -0.4 is 10.0 Å². The molecule has 0 aliphatic heterocycles. The second-order valence-electron chi connectivity index (χ2n) is 5.44. The molecule has 0 radical (unpaired) electrons. The van der Waals surface area contributed by atoms with Gasteiger partial charge in [-0.3, -0.25) is 9.52 Å². The number of sulfonamides is 1. The van der Waals surface area contributed by atoms with E-state index >= 15 is 0 Å². The number of aryl methyl sites for hydroxylation is 1. The van der Waals surface area contributed by atoms with Crippen LogP contribution >= 0.6 is 0 Å². The van der Waals surface area contributed by atoms with Crippen LogP contribution in [0.3, 0.4) is 0 Å². The van der Waals surface area contributed by atoms with E-state index in [9.17, 15) is 13.2 Å². The lowest BCUT2D eigenvalue weighted by Crippen LogP contribution is -2.15. The normalized spacial score (nSPS) is 11.0. The first-order chi connectivity index (χ1) is 12.4. The molecule has 0 aliphatic carbocycles. The van der Waals surface area contributed by atoms with E-state index in [1.807, 2.05) is 6.07 Å². The highest BCUT2D eigenvalue weighted by molar-refractivity contribution is 7.92. The lowest BCUT2D eigenvalue weighted by Gasteiger charge is -2.09. The predicted molar refractivity (Wildman–Crippen MR) is 98.4 cm³/mol. The standard InChI is InChI=1S/C18H16N4O3S/c1-13-19-12-11-17(20-13)22-26(24,25)16-9-7-15(8-10-16)21-18(23)14-5-3-2-4-6-14/h2-12H,1H3,(H,21,23)(H,19,20,22). The van der Waals surface area contributed by atoms with E-state index in [1.54, 1.807) is 31.2 Å². The first-order valence-electron chi connectivity index (χ1n) is 7.73. The summed E-state index contributed by atoms with van der Waals surface area (Å²) in [7, 11) is -3.78. The van der Waals surface area contributed by atoms with Gasteiger partial charge in [0.1, 0.15) is 11.6 Å². The average molecular weight is 368 g/mol. The first-order valence-corrected chi connectivity index (χ1v) is 9.21. The zero-order valence-corrected chi connectivity index (χ0v) is 14.7. The number of aromatic nitrogens is 2. The molecule has 2 N–H and O–H groups in total. The van der Waals surface area contributed by atoms with E-state index < -0.39 is 10.0 Å². The largest absolute Gasteiger partial charge is 0.322 e. The molecule has 26 heavy (non-hydrogen) atoms. The fourth-order valence-corrected chi connectivity index (χ4v) is 3.22. The van der Waals surface area contributed by atoms with Crippen LogP contribution in [-0.4, -0.2) is 24.3 Å². The maximum absolute atomic E-state index is 12.4. The van der Waals surface area contributed by atoms with Gasteiger partial charge >= 0.3 is 0 Å². The highest BCUT2D eigenvalue weighted by Crippen LogP contribution is 2.17. The summed E-state index contributed by atoms with van der Waals surface area (Å²) < 4.78 is 27.2. The Labute approximate surface area is 151 Å². The number of amides is 1. The van der Waals surface area contributed by atoms with Gasteiger partial charge in [-0.25, -0.2) is 18.4 Å². The second kappa shape index (κ2) is 7.32. The van der Waals surface area contributed by atoms with Crippen molar-refractivity contribution in [2.75, 3.05) is 10.0 Å². The van der Waals surface area contributed by atoms with Gasteiger partial charge in [0.05, 0.1) is 4.90 Å². The van der Waals surface area contributed by atoms with E-state index in [2.05, 4.69) is 20.0 Å². The smallest absolute Gasteiger partial charge is 0.263 e. The van der Waals surface area contributed by atoms with Gasteiger partial charge in [0.25, 0.3) is 15.9 Å². The first kappa shape index (κ1) is 17.6. The summed E-state index contributed by atoms with van der Waals surface area (Å²) in [6, 6.07) is 16.1. The molecule has 1 heterocycles. The van der Waals surface area contributed by atoms with Crippen molar-refractivity contribution in [1.29, 1.82) is 0 Å².